The average Bonchev–Trinajstić information content (AvgIpc) is 3.66. The van der Waals surface area contributed by atoms with E-state index < -0.39 is 70.7 Å². The van der Waals surface area contributed by atoms with Gasteiger partial charge in [-0.05, 0) is 138 Å². The van der Waals surface area contributed by atoms with Crippen LogP contribution >= 0.6 is 0 Å². The number of halogens is 4. The second kappa shape index (κ2) is 31.4. The quantitative estimate of drug-likeness (QED) is 0.0174. The van der Waals surface area contributed by atoms with Gasteiger partial charge in [0.1, 0.15) is 37.2 Å². The zero-order valence-corrected chi connectivity index (χ0v) is 45.2. The standard InChI is InChI=1S/C57H55B4F4N8O11/c1-2-66-50(74)14-16-68-57(81)49(73-56(80)40-21-33(29-69-51(75)35-6-10-41(58)45(62)23-35)18-34(22-40)30-72-54(78)38-9-13-44(61-84)48(65)26-38)5-3-4-15-67-55(79)39-19-31(27-70-52(76)36-7-11-42(59-82)46(63)24-36)17-32(20-39)28-71-53(77)37-8-12-43(60-83)47(64)25-37/h6-13,17-26,49,82-84H,2-5,14-16,27-30H2,1H3,(H,66,74)(H,67,79)(H,68,81)(H,69,75)(H,70,76)(H,71,77)(H,72,78)(H,73,80)/t49-/m0/s1. The summed E-state index contributed by atoms with van der Waals surface area (Å²) in [7, 11) is 7.21. The molecule has 0 heterocycles. The van der Waals surface area contributed by atoms with Gasteiger partial charge in [-0.3, -0.25) is 38.4 Å². The molecule has 6 rings (SSSR count). The lowest BCUT2D eigenvalue weighted by atomic mass is 9.87. The zero-order valence-electron chi connectivity index (χ0n) is 45.2. The van der Waals surface area contributed by atoms with Crippen molar-refractivity contribution in [2.45, 2.75) is 64.8 Å². The van der Waals surface area contributed by atoms with E-state index in [4.69, 9.17) is 7.85 Å². The lowest BCUT2D eigenvalue weighted by Crippen LogP contribution is -2.47. The van der Waals surface area contributed by atoms with Crippen LogP contribution in [0.4, 0.5) is 17.6 Å². The van der Waals surface area contributed by atoms with Gasteiger partial charge >= 0.3 is 22.4 Å². The molecule has 11 N–H and O–H groups in total. The Labute approximate surface area is 483 Å². The smallest absolute Gasteiger partial charge is 0.329 e. The van der Waals surface area contributed by atoms with Gasteiger partial charge < -0.3 is 57.6 Å². The Morgan fingerprint density at radius 3 is 1.20 bits per heavy atom. The number of rotatable bonds is 28. The average molecular weight is 1150 g/mol. The van der Waals surface area contributed by atoms with Gasteiger partial charge in [-0.15, -0.1) is 0 Å². The van der Waals surface area contributed by atoms with E-state index in [-0.39, 0.29) is 126 Å². The van der Waals surface area contributed by atoms with E-state index in [1.165, 1.54) is 72.8 Å². The summed E-state index contributed by atoms with van der Waals surface area (Å²) >= 11 is 0. The number of hydrogen-bond acceptors (Lipinski definition) is 11. The molecule has 84 heavy (non-hydrogen) atoms. The van der Waals surface area contributed by atoms with Crippen LogP contribution in [0.2, 0.25) is 0 Å². The molecule has 6 aromatic carbocycles. The third kappa shape index (κ3) is 18.7. The van der Waals surface area contributed by atoms with Crippen LogP contribution in [0.25, 0.3) is 0 Å². The summed E-state index contributed by atoms with van der Waals surface area (Å²) < 4.78 is 57.4. The highest BCUT2D eigenvalue weighted by Crippen LogP contribution is 2.16. The van der Waals surface area contributed by atoms with Crippen molar-refractivity contribution in [2.24, 2.45) is 0 Å². The third-order valence-corrected chi connectivity index (χ3v) is 12.8. The molecule has 0 aromatic heterocycles. The Morgan fingerprint density at radius 2 is 0.821 bits per heavy atom. The maximum absolute atomic E-state index is 14.4. The highest BCUT2D eigenvalue weighted by molar-refractivity contribution is 6.46. The number of unbranched alkanes of at least 4 members (excludes halogenated alkanes) is 1. The highest BCUT2D eigenvalue weighted by atomic mass is 19.1. The molecule has 0 aliphatic heterocycles. The Balaban J connectivity index is 1.16. The van der Waals surface area contributed by atoms with Gasteiger partial charge in [0.15, 0.2) is 0 Å². The van der Waals surface area contributed by atoms with E-state index in [1.807, 2.05) is 0 Å². The number of nitrogens with one attached hydrogen (secondary N) is 8. The SMILES string of the molecule is [B]c1ccc(C(=O)NCc2cc(CNC(=O)c3ccc([B]O)c(F)c3)cc(C(=O)N[C@@H](CCCCNC(=O)c3cc(CNC(=O)c4ccc([B]O)c(F)c4)cc(CNC(=O)c4ccc([B]O)c(F)c4)c3)C(=O)NCCC(=O)NCC)c2)cc1F. The number of amides is 8. The molecule has 0 saturated heterocycles. The van der Waals surface area contributed by atoms with Crippen LogP contribution < -0.4 is 64.4 Å². The van der Waals surface area contributed by atoms with Crippen molar-refractivity contribution in [3.63, 3.8) is 0 Å². The van der Waals surface area contributed by atoms with E-state index in [0.29, 0.717) is 51.2 Å². The zero-order chi connectivity index (χ0) is 60.9. The molecule has 8 amide bonds. The Bertz CT molecular complexity index is 3350. The third-order valence-electron chi connectivity index (χ3n) is 12.8. The van der Waals surface area contributed by atoms with Crippen molar-refractivity contribution in [1.29, 1.82) is 0 Å². The van der Waals surface area contributed by atoms with Crippen LogP contribution in [0.1, 0.15) is 117 Å². The normalized spacial score (nSPS) is 11.0. The van der Waals surface area contributed by atoms with Gasteiger partial charge in [-0.1, -0.05) is 41.9 Å². The van der Waals surface area contributed by atoms with E-state index in [0.717, 1.165) is 24.3 Å². The fraction of sp³-hybridized carbons (Fsp3) is 0.228. The van der Waals surface area contributed by atoms with Crippen molar-refractivity contribution in [2.75, 3.05) is 19.6 Å². The van der Waals surface area contributed by atoms with Crippen molar-refractivity contribution in [3.05, 3.63) is 188 Å². The lowest BCUT2D eigenvalue weighted by molar-refractivity contribution is -0.123. The summed E-state index contributed by atoms with van der Waals surface area (Å²) in [5.74, 6) is -8.48. The monoisotopic (exact) mass is 1150 g/mol. The summed E-state index contributed by atoms with van der Waals surface area (Å²) in [6, 6.07) is 21.5. The molecule has 0 spiro atoms. The summed E-state index contributed by atoms with van der Waals surface area (Å²) in [5, 5.41) is 49.1. The van der Waals surface area contributed by atoms with E-state index in [1.54, 1.807) is 19.1 Å². The maximum Gasteiger partial charge on any atom is 0.329 e. The first-order chi connectivity index (χ1) is 40.3. The highest BCUT2D eigenvalue weighted by Gasteiger charge is 2.23. The first-order valence-corrected chi connectivity index (χ1v) is 26.2. The van der Waals surface area contributed by atoms with Crippen LogP contribution in [0.5, 0.6) is 0 Å². The molecule has 0 fully saturated rings. The summed E-state index contributed by atoms with van der Waals surface area (Å²) in [6.07, 6.45) is 0.398. The molecule has 0 saturated carbocycles. The van der Waals surface area contributed by atoms with Gasteiger partial charge in [0.2, 0.25) is 11.8 Å². The fourth-order valence-electron chi connectivity index (χ4n) is 8.32. The van der Waals surface area contributed by atoms with Gasteiger partial charge in [0.05, 0.1) is 0 Å². The first kappa shape index (κ1) is 64.1. The summed E-state index contributed by atoms with van der Waals surface area (Å²) in [6.45, 7) is 1.24. The van der Waals surface area contributed by atoms with Gasteiger partial charge in [0, 0.05) is 85.6 Å². The molecule has 5 radical (unpaired) electrons. The van der Waals surface area contributed by atoms with Crippen LogP contribution in [0, 0.1) is 23.3 Å². The van der Waals surface area contributed by atoms with Gasteiger partial charge in [-0.2, -0.15) is 0 Å². The molecule has 27 heteroatoms. The van der Waals surface area contributed by atoms with E-state index >= 15 is 0 Å². The number of carbonyl (C=O) groups excluding carboxylic acids is 8. The van der Waals surface area contributed by atoms with E-state index in [9.17, 15) is 71.0 Å². The van der Waals surface area contributed by atoms with Gasteiger partial charge in [-0.25, -0.2) is 17.6 Å². The lowest BCUT2D eigenvalue weighted by Gasteiger charge is -2.19. The van der Waals surface area contributed by atoms with Crippen molar-refractivity contribution in [1.82, 2.24) is 42.5 Å². The van der Waals surface area contributed by atoms with Crippen LogP contribution in [0.3, 0.4) is 0 Å². The predicted molar refractivity (Wildman–Crippen MR) is 305 cm³/mol. The number of carbonyl (C=O) groups is 8. The second-order valence-corrected chi connectivity index (χ2v) is 18.9. The summed E-state index contributed by atoms with van der Waals surface area (Å²) in [5.41, 5.74) is 0.639. The Hall–Kier alpha value is -9.06. The minimum Gasteiger partial charge on any atom is -0.450 e. The molecule has 0 unspecified atom stereocenters. The molecule has 1 atom stereocenters. The Morgan fingerprint density at radius 1 is 0.440 bits per heavy atom. The largest absolute Gasteiger partial charge is 0.450 e. The second-order valence-electron chi connectivity index (χ2n) is 18.9. The minimum absolute atomic E-state index is 0.00357. The topological polar surface area (TPSA) is 293 Å². The molecular weight excluding hydrogens is 1090 g/mol. The fourth-order valence-corrected chi connectivity index (χ4v) is 8.32. The van der Waals surface area contributed by atoms with Gasteiger partial charge in [0.25, 0.3) is 35.4 Å². The van der Waals surface area contributed by atoms with Crippen molar-refractivity contribution >= 4 is 99.4 Å². The predicted octanol–water partition coefficient (Wildman–Crippen LogP) is -0.192. The molecule has 6 aromatic rings. The molecule has 0 aliphatic carbocycles. The minimum atomic E-state index is -1.22. The van der Waals surface area contributed by atoms with Crippen molar-refractivity contribution in [3.8, 4) is 0 Å². The van der Waals surface area contributed by atoms with Crippen molar-refractivity contribution < 1.29 is 71.0 Å². The van der Waals surface area contributed by atoms with E-state index in [2.05, 4.69) is 42.5 Å². The molecular formula is C57H55B4F4N8O11. The molecule has 0 bridgehead atoms. The van der Waals surface area contributed by atoms with Crippen LogP contribution in [0.15, 0.2) is 109 Å². The molecule has 19 nitrogen and oxygen atoms in total. The maximum atomic E-state index is 14.4. The summed E-state index contributed by atoms with van der Waals surface area (Å²) in [4.78, 5) is 106. The first-order valence-electron chi connectivity index (χ1n) is 26.2. The number of benzene rings is 6. The van der Waals surface area contributed by atoms with Crippen LogP contribution in [-0.2, 0) is 35.8 Å². The van der Waals surface area contributed by atoms with Crippen LogP contribution in [-0.4, -0.2) is 118 Å². The number of hydrogen-bond donors (Lipinski definition) is 11. The molecule has 429 valence electrons. The molecule has 0 aliphatic rings. The Kier molecular flexibility index (Phi) is 24.0.